The average molecular weight is 318 g/mol. The van der Waals surface area contributed by atoms with Crippen molar-refractivity contribution in [3.63, 3.8) is 0 Å². The molecule has 0 unspecified atom stereocenters. The van der Waals surface area contributed by atoms with Gasteiger partial charge in [-0.15, -0.1) is 0 Å². The third-order valence-electron chi connectivity index (χ3n) is 4.13. The zero-order chi connectivity index (χ0) is 16.4. The average Bonchev–Trinajstić information content (AvgIpc) is 3.17. The molecule has 3 rings (SSSR count). The second-order valence-corrected chi connectivity index (χ2v) is 5.65. The van der Waals surface area contributed by atoms with Crippen LogP contribution in [0.2, 0.25) is 0 Å². The zero-order valence-electron chi connectivity index (χ0n) is 13.0. The molecule has 0 radical (unpaired) electrons. The van der Waals surface area contributed by atoms with E-state index in [0.29, 0.717) is 18.0 Å². The maximum absolute atomic E-state index is 13.2. The molecule has 2 aromatic rings. The second-order valence-electron chi connectivity index (χ2n) is 5.65. The number of amides is 1. The SMILES string of the molecule is COc1cc(F)ccc1NC(=O)[C@H]1CNC[C@@H]1c1cnn(C)c1. The van der Waals surface area contributed by atoms with E-state index in [-0.39, 0.29) is 17.7 Å². The Hall–Kier alpha value is -2.41. The molecule has 0 spiro atoms. The Balaban J connectivity index is 1.77. The number of nitrogens with one attached hydrogen (secondary N) is 2. The van der Waals surface area contributed by atoms with Gasteiger partial charge in [0.1, 0.15) is 11.6 Å². The third-order valence-corrected chi connectivity index (χ3v) is 4.13. The number of anilines is 1. The number of aryl methyl sites for hydroxylation is 1. The summed E-state index contributed by atoms with van der Waals surface area (Å²) in [5, 5.41) is 10.3. The number of halogens is 1. The molecule has 1 aromatic heterocycles. The molecule has 1 fully saturated rings. The van der Waals surface area contributed by atoms with Crippen LogP contribution in [0.4, 0.5) is 10.1 Å². The number of hydrogen-bond donors (Lipinski definition) is 2. The molecule has 122 valence electrons. The summed E-state index contributed by atoms with van der Waals surface area (Å²) in [6, 6.07) is 4.05. The van der Waals surface area contributed by atoms with Crippen LogP contribution in [0.5, 0.6) is 5.75 Å². The molecular weight excluding hydrogens is 299 g/mol. The van der Waals surface area contributed by atoms with Crippen molar-refractivity contribution in [3.8, 4) is 5.75 Å². The number of ether oxygens (including phenoxy) is 1. The highest BCUT2D eigenvalue weighted by molar-refractivity contribution is 5.95. The Kier molecular flexibility index (Phi) is 4.29. The first-order valence-corrected chi connectivity index (χ1v) is 7.42. The molecule has 1 aliphatic heterocycles. The lowest BCUT2D eigenvalue weighted by atomic mass is 9.90. The van der Waals surface area contributed by atoms with E-state index in [1.807, 2.05) is 13.2 Å². The van der Waals surface area contributed by atoms with E-state index < -0.39 is 5.82 Å². The number of rotatable bonds is 4. The van der Waals surface area contributed by atoms with E-state index in [1.165, 1.54) is 25.3 Å². The molecule has 23 heavy (non-hydrogen) atoms. The van der Waals surface area contributed by atoms with Gasteiger partial charge >= 0.3 is 0 Å². The number of carbonyl (C=O) groups excluding carboxylic acids is 1. The van der Waals surface area contributed by atoms with Crippen molar-refractivity contribution in [2.24, 2.45) is 13.0 Å². The molecular formula is C16H19FN4O2. The van der Waals surface area contributed by atoms with Gasteiger partial charge in [-0.1, -0.05) is 0 Å². The van der Waals surface area contributed by atoms with Crippen molar-refractivity contribution < 1.29 is 13.9 Å². The summed E-state index contributed by atoms with van der Waals surface area (Å²) in [4.78, 5) is 12.6. The van der Waals surface area contributed by atoms with Gasteiger partial charge in [-0.3, -0.25) is 9.48 Å². The predicted molar refractivity (Wildman–Crippen MR) is 83.9 cm³/mol. The van der Waals surface area contributed by atoms with Crippen LogP contribution in [0.1, 0.15) is 11.5 Å². The van der Waals surface area contributed by atoms with Crippen LogP contribution < -0.4 is 15.4 Å². The van der Waals surface area contributed by atoms with Crippen molar-refractivity contribution in [1.29, 1.82) is 0 Å². The quantitative estimate of drug-likeness (QED) is 0.897. The topological polar surface area (TPSA) is 68.2 Å². The molecule has 0 aliphatic carbocycles. The maximum atomic E-state index is 13.2. The van der Waals surface area contributed by atoms with Gasteiger partial charge in [0, 0.05) is 38.3 Å². The summed E-state index contributed by atoms with van der Waals surface area (Å²) in [6.45, 7) is 1.32. The molecule has 2 heterocycles. The lowest BCUT2D eigenvalue weighted by Gasteiger charge is -2.18. The van der Waals surface area contributed by atoms with Crippen molar-refractivity contribution in [1.82, 2.24) is 15.1 Å². The molecule has 7 heteroatoms. The first-order chi connectivity index (χ1) is 11.1. The van der Waals surface area contributed by atoms with Gasteiger partial charge in [0.2, 0.25) is 5.91 Å². The zero-order valence-corrected chi connectivity index (χ0v) is 13.0. The Bertz CT molecular complexity index is 716. The Morgan fingerprint density at radius 2 is 2.30 bits per heavy atom. The smallest absolute Gasteiger partial charge is 0.229 e. The molecule has 2 atom stereocenters. The van der Waals surface area contributed by atoms with E-state index in [9.17, 15) is 9.18 Å². The van der Waals surface area contributed by atoms with Gasteiger partial charge in [-0.05, 0) is 17.7 Å². The summed E-state index contributed by atoms with van der Waals surface area (Å²) in [7, 11) is 3.30. The maximum Gasteiger partial charge on any atom is 0.229 e. The number of aromatic nitrogens is 2. The fourth-order valence-corrected chi connectivity index (χ4v) is 2.93. The van der Waals surface area contributed by atoms with Gasteiger partial charge < -0.3 is 15.4 Å². The fourth-order valence-electron chi connectivity index (χ4n) is 2.93. The van der Waals surface area contributed by atoms with E-state index in [4.69, 9.17) is 4.74 Å². The summed E-state index contributed by atoms with van der Waals surface area (Å²) < 4.78 is 20.1. The normalized spacial score (nSPS) is 20.5. The van der Waals surface area contributed by atoms with Crippen LogP contribution >= 0.6 is 0 Å². The molecule has 1 aliphatic rings. The second kappa shape index (κ2) is 6.37. The van der Waals surface area contributed by atoms with Gasteiger partial charge in [0.05, 0.1) is 24.9 Å². The van der Waals surface area contributed by atoms with Crippen molar-refractivity contribution in [3.05, 3.63) is 42.0 Å². The van der Waals surface area contributed by atoms with E-state index in [1.54, 1.807) is 10.9 Å². The van der Waals surface area contributed by atoms with Gasteiger partial charge in [-0.2, -0.15) is 5.10 Å². The summed E-state index contributed by atoms with van der Waals surface area (Å²) in [5.74, 6) is -0.365. The van der Waals surface area contributed by atoms with Crippen LogP contribution in [-0.2, 0) is 11.8 Å². The predicted octanol–water partition coefficient (Wildman–Crippen LogP) is 1.51. The lowest BCUT2D eigenvalue weighted by Crippen LogP contribution is -2.28. The summed E-state index contributed by atoms with van der Waals surface area (Å²) in [6.07, 6.45) is 3.72. The fraction of sp³-hybridized carbons (Fsp3) is 0.375. The highest BCUT2D eigenvalue weighted by atomic mass is 19.1. The van der Waals surface area contributed by atoms with Gasteiger partial charge in [-0.25, -0.2) is 4.39 Å². The molecule has 1 amide bonds. The molecule has 1 aromatic carbocycles. The van der Waals surface area contributed by atoms with Crippen LogP contribution in [0.15, 0.2) is 30.6 Å². The highest BCUT2D eigenvalue weighted by Gasteiger charge is 2.35. The number of nitrogens with zero attached hydrogens (tertiary/aromatic N) is 2. The number of methoxy groups -OCH3 is 1. The molecule has 0 bridgehead atoms. The molecule has 1 saturated heterocycles. The van der Waals surface area contributed by atoms with Crippen LogP contribution in [0, 0.1) is 11.7 Å². The van der Waals surface area contributed by atoms with Gasteiger partial charge in [0.25, 0.3) is 0 Å². The Morgan fingerprint density at radius 3 is 3.00 bits per heavy atom. The number of carbonyl (C=O) groups is 1. The number of hydrogen-bond acceptors (Lipinski definition) is 4. The van der Waals surface area contributed by atoms with Crippen LogP contribution in [0.3, 0.4) is 0 Å². The van der Waals surface area contributed by atoms with Crippen molar-refractivity contribution >= 4 is 11.6 Å². The lowest BCUT2D eigenvalue weighted by molar-refractivity contribution is -0.119. The highest BCUT2D eigenvalue weighted by Crippen LogP contribution is 2.31. The van der Waals surface area contributed by atoms with Crippen molar-refractivity contribution in [2.75, 3.05) is 25.5 Å². The van der Waals surface area contributed by atoms with E-state index in [0.717, 1.165) is 12.1 Å². The minimum absolute atomic E-state index is 0.0649. The first-order valence-electron chi connectivity index (χ1n) is 7.42. The number of benzene rings is 1. The molecule has 0 saturated carbocycles. The molecule has 6 nitrogen and oxygen atoms in total. The Labute approximate surface area is 133 Å². The van der Waals surface area contributed by atoms with E-state index >= 15 is 0 Å². The summed E-state index contributed by atoms with van der Waals surface area (Å²) in [5.41, 5.74) is 1.50. The monoisotopic (exact) mass is 318 g/mol. The summed E-state index contributed by atoms with van der Waals surface area (Å²) >= 11 is 0. The largest absolute Gasteiger partial charge is 0.494 e. The minimum atomic E-state index is -0.407. The van der Waals surface area contributed by atoms with E-state index in [2.05, 4.69) is 15.7 Å². The standard InChI is InChI=1S/C16H19FN4O2/c1-21-9-10(6-19-21)12-7-18-8-13(12)16(22)20-14-4-3-11(17)5-15(14)23-2/h3-6,9,12-13,18H,7-8H2,1-2H3,(H,20,22)/t12-,13+/m1/s1. The Morgan fingerprint density at radius 1 is 1.48 bits per heavy atom. The third kappa shape index (κ3) is 3.19. The van der Waals surface area contributed by atoms with Crippen LogP contribution in [-0.4, -0.2) is 35.9 Å². The first kappa shape index (κ1) is 15.5. The minimum Gasteiger partial charge on any atom is -0.494 e. The molecule has 2 N–H and O–H groups in total. The van der Waals surface area contributed by atoms with Crippen molar-refractivity contribution in [2.45, 2.75) is 5.92 Å². The van der Waals surface area contributed by atoms with Crippen LogP contribution in [0.25, 0.3) is 0 Å². The van der Waals surface area contributed by atoms with Gasteiger partial charge in [0.15, 0.2) is 0 Å².